The number of nitrogens with zero attached hydrogens (tertiary/aromatic N) is 1. The molecule has 1 atom stereocenters. The third-order valence-corrected chi connectivity index (χ3v) is 5.43. The van der Waals surface area contributed by atoms with Crippen molar-refractivity contribution in [2.75, 3.05) is 13.2 Å². The molecule has 1 aliphatic rings. The minimum atomic E-state index is -0.497. The number of aromatic nitrogens is 1. The highest BCUT2D eigenvalue weighted by Gasteiger charge is 2.30. The summed E-state index contributed by atoms with van der Waals surface area (Å²) in [5.74, 6) is 2.52. The van der Waals surface area contributed by atoms with Gasteiger partial charge in [0.15, 0.2) is 0 Å². The Morgan fingerprint density at radius 1 is 1.15 bits per heavy atom. The summed E-state index contributed by atoms with van der Waals surface area (Å²) in [6.07, 6.45) is 2.21. The van der Waals surface area contributed by atoms with Gasteiger partial charge >= 0.3 is 5.97 Å². The van der Waals surface area contributed by atoms with Crippen molar-refractivity contribution in [3.63, 3.8) is 0 Å². The molecule has 0 fully saturated rings. The first-order valence-electron chi connectivity index (χ1n) is 11.4. The second-order valence-electron chi connectivity index (χ2n) is 9.35. The quantitative estimate of drug-likeness (QED) is 0.348. The number of esters is 1. The van der Waals surface area contributed by atoms with E-state index < -0.39 is 5.60 Å². The van der Waals surface area contributed by atoms with Gasteiger partial charge in [0.2, 0.25) is 5.89 Å². The summed E-state index contributed by atoms with van der Waals surface area (Å²) in [5, 5.41) is 0. The third kappa shape index (κ3) is 5.95. The zero-order valence-corrected chi connectivity index (χ0v) is 19.7. The van der Waals surface area contributed by atoms with E-state index in [1.807, 2.05) is 76.2 Å². The van der Waals surface area contributed by atoms with Crippen LogP contribution in [0.1, 0.15) is 44.2 Å². The van der Waals surface area contributed by atoms with E-state index in [9.17, 15) is 4.79 Å². The molecule has 0 aliphatic carbocycles. The fourth-order valence-electron chi connectivity index (χ4n) is 3.77. The first-order valence-corrected chi connectivity index (χ1v) is 11.4. The lowest BCUT2D eigenvalue weighted by Gasteiger charge is -2.27. The van der Waals surface area contributed by atoms with Crippen LogP contribution in [-0.4, -0.2) is 29.8 Å². The van der Waals surface area contributed by atoms with Crippen LogP contribution in [0.3, 0.4) is 0 Å². The lowest BCUT2D eigenvalue weighted by Crippen LogP contribution is -2.34. The Morgan fingerprint density at radius 2 is 1.94 bits per heavy atom. The van der Waals surface area contributed by atoms with Gasteiger partial charge < -0.3 is 18.6 Å². The van der Waals surface area contributed by atoms with E-state index in [0.29, 0.717) is 25.5 Å². The number of hydrogen-bond donors (Lipinski definition) is 0. The summed E-state index contributed by atoms with van der Waals surface area (Å²) in [4.78, 5) is 17.0. The van der Waals surface area contributed by atoms with E-state index in [2.05, 4.69) is 4.98 Å². The summed E-state index contributed by atoms with van der Waals surface area (Å²) in [6.45, 7) is 8.45. The predicted octanol–water partition coefficient (Wildman–Crippen LogP) is 5.55. The van der Waals surface area contributed by atoms with Crippen molar-refractivity contribution < 1.29 is 23.4 Å². The van der Waals surface area contributed by atoms with Crippen molar-refractivity contribution in [1.29, 1.82) is 0 Å². The number of fused-ring (bicyclic) bond motifs is 1. The number of oxazole rings is 1. The molecular weight excluding hydrogens is 418 g/mol. The van der Waals surface area contributed by atoms with Crippen LogP contribution in [0.25, 0.3) is 11.5 Å². The molecule has 4 rings (SSSR count). The van der Waals surface area contributed by atoms with Gasteiger partial charge in [-0.1, -0.05) is 24.3 Å². The summed E-state index contributed by atoms with van der Waals surface area (Å²) < 4.78 is 23.1. The predicted molar refractivity (Wildman–Crippen MR) is 125 cm³/mol. The Bertz CT molecular complexity index is 1100. The Kier molecular flexibility index (Phi) is 6.72. The molecule has 1 aromatic heterocycles. The Balaban J connectivity index is 1.28. The van der Waals surface area contributed by atoms with E-state index in [1.165, 1.54) is 0 Å². The number of carbonyl (C=O) groups is 1. The van der Waals surface area contributed by atoms with E-state index in [1.54, 1.807) is 0 Å². The largest absolute Gasteiger partial charge is 0.493 e. The molecule has 0 amide bonds. The third-order valence-electron chi connectivity index (χ3n) is 5.43. The SMILES string of the molecule is Cc1oc(-c2ccccc2)nc1CCCOc1ccc2c(c1)OCC(C(=O)OC(C)(C)C)C2. The van der Waals surface area contributed by atoms with Gasteiger partial charge in [-0.25, -0.2) is 4.98 Å². The molecule has 2 heterocycles. The van der Waals surface area contributed by atoms with Gasteiger partial charge in [0.25, 0.3) is 0 Å². The first kappa shape index (κ1) is 22.9. The zero-order chi connectivity index (χ0) is 23.4. The maximum absolute atomic E-state index is 12.3. The Labute approximate surface area is 194 Å². The van der Waals surface area contributed by atoms with Crippen LogP contribution in [0.4, 0.5) is 0 Å². The standard InChI is InChI=1S/C27H31NO5/c1-18-23(28-25(32-18)19-9-6-5-7-10-19)11-8-14-30-22-13-12-20-15-21(17-31-24(20)16-22)26(29)33-27(2,3)4/h5-7,9-10,12-13,16,21H,8,11,14-15,17H2,1-4H3. The lowest BCUT2D eigenvalue weighted by atomic mass is 9.96. The molecule has 0 saturated heterocycles. The molecule has 1 aliphatic heterocycles. The van der Waals surface area contributed by atoms with Crippen molar-refractivity contribution in [2.24, 2.45) is 5.92 Å². The molecule has 2 aromatic carbocycles. The highest BCUT2D eigenvalue weighted by Crippen LogP contribution is 2.32. The van der Waals surface area contributed by atoms with Crippen LogP contribution in [-0.2, 0) is 22.4 Å². The summed E-state index contributed by atoms with van der Waals surface area (Å²) in [6, 6.07) is 15.7. The van der Waals surface area contributed by atoms with Gasteiger partial charge in [-0.15, -0.1) is 0 Å². The molecule has 6 nitrogen and oxygen atoms in total. The highest BCUT2D eigenvalue weighted by atomic mass is 16.6. The maximum atomic E-state index is 12.3. The number of benzene rings is 2. The molecule has 0 N–H and O–H groups in total. The number of rotatable bonds is 7. The van der Waals surface area contributed by atoms with Gasteiger partial charge in [0, 0.05) is 11.6 Å². The van der Waals surface area contributed by atoms with Crippen LogP contribution in [0, 0.1) is 12.8 Å². The first-order chi connectivity index (χ1) is 15.8. The second-order valence-corrected chi connectivity index (χ2v) is 9.35. The fraction of sp³-hybridized carbons (Fsp3) is 0.407. The van der Waals surface area contributed by atoms with Crippen LogP contribution < -0.4 is 9.47 Å². The molecular formula is C27H31NO5. The second kappa shape index (κ2) is 9.69. The molecule has 6 heteroatoms. The van der Waals surface area contributed by atoms with E-state index in [0.717, 1.165) is 46.9 Å². The molecule has 3 aromatic rings. The monoisotopic (exact) mass is 449 g/mol. The molecule has 0 spiro atoms. The van der Waals surface area contributed by atoms with Crippen LogP contribution in [0.15, 0.2) is 52.9 Å². The van der Waals surface area contributed by atoms with Crippen molar-refractivity contribution in [3.8, 4) is 23.0 Å². The fourth-order valence-corrected chi connectivity index (χ4v) is 3.77. The van der Waals surface area contributed by atoms with Gasteiger partial charge in [0.1, 0.15) is 29.5 Å². The van der Waals surface area contributed by atoms with Crippen LogP contribution >= 0.6 is 0 Å². The molecule has 0 saturated carbocycles. The normalized spacial score (nSPS) is 15.5. The van der Waals surface area contributed by atoms with E-state index in [-0.39, 0.29) is 11.9 Å². The number of ether oxygens (including phenoxy) is 3. The molecule has 174 valence electrons. The molecule has 1 unspecified atom stereocenters. The number of aryl methyl sites for hydroxylation is 2. The van der Waals surface area contributed by atoms with E-state index >= 15 is 0 Å². The maximum Gasteiger partial charge on any atom is 0.313 e. The average Bonchev–Trinajstić information content (AvgIpc) is 3.16. The van der Waals surface area contributed by atoms with Crippen LogP contribution in [0.5, 0.6) is 11.5 Å². The minimum absolute atomic E-state index is 0.216. The number of carbonyl (C=O) groups excluding carboxylic acids is 1. The highest BCUT2D eigenvalue weighted by molar-refractivity contribution is 5.74. The zero-order valence-electron chi connectivity index (χ0n) is 19.7. The molecule has 0 radical (unpaired) electrons. The average molecular weight is 450 g/mol. The van der Waals surface area contributed by atoms with Gasteiger partial charge in [-0.05, 0) is 70.7 Å². The van der Waals surface area contributed by atoms with Gasteiger partial charge in [0.05, 0.1) is 18.2 Å². The van der Waals surface area contributed by atoms with Crippen molar-refractivity contribution >= 4 is 5.97 Å². The summed E-state index contributed by atoms with van der Waals surface area (Å²) in [7, 11) is 0. The number of hydrogen-bond acceptors (Lipinski definition) is 6. The molecule has 0 bridgehead atoms. The molecule has 33 heavy (non-hydrogen) atoms. The Morgan fingerprint density at radius 3 is 2.70 bits per heavy atom. The topological polar surface area (TPSA) is 70.8 Å². The summed E-state index contributed by atoms with van der Waals surface area (Å²) in [5.41, 5.74) is 2.43. The Hall–Kier alpha value is -3.28. The summed E-state index contributed by atoms with van der Waals surface area (Å²) >= 11 is 0. The van der Waals surface area contributed by atoms with Crippen molar-refractivity contribution in [2.45, 2.75) is 52.6 Å². The lowest BCUT2D eigenvalue weighted by molar-refractivity contribution is -0.161. The minimum Gasteiger partial charge on any atom is -0.493 e. The van der Waals surface area contributed by atoms with Crippen molar-refractivity contribution in [1.82, 2.24) is 4.98 Å². The van der Waals surface area contributed by atoms with E-state index in [4.69, 9.17) is 18.6 Å². The van der Waals surface area contributed by atoms with Crippen LogP contribution in [0.2, 0.25) is 0 Å². The van der Waals surface area contributed by atoms with Gasteiger partial charge in [-0.2, -0.15) is 0 Å². The smallest absolute Gasteiger partial charge is 0.313 e. The van der Waals surface area contributed by atoms with Gasteiger partial charge in [-0.3, -0.25) is 4.79 Å². The van der Waals surface area contributed by atoms with Crippen molar-refractivity contribution in [3.05, 3.63) is 65.5 Å².